The van der Waals surface area contributed by atoms with Crippen molar-refractivity contribution >= 4 is 35.0 Å². The van der Waals surface area contributed by atoms with Gasteiger partial charge in [0.05, 0.1) is 26.5 Å². The number of nitrogens with one attached hydrogen (secondary N) is 2. The Labute approximate surface area is 239 Å². The third kappa shape index (κ3) is 7.22. The van der Waals surface area contributed by atoms with Crippen LogP contribution in [-0.2, 0) is 9.47 Å². The van der Waals surface area contributed by atoms with Gasteiger partial charge < -0.3 is 24.8 Å². The molecule has 0 bridgehead atoms. The van der Waals surface area contributed by atoms with Crippen LogP contribution in [0, 0.1) is 0 Å². The van der Waals surface area contributed by atoms with Crippen molar-refractivity contribution in [1.82, 2.24) is 29.8 Å². The first-order valence-corrected chi connectivity index (χ1v) is 14.0. The molecule has 2 fully saturated rings. The minimum Gasteiger partial charge on any atom is -0.480 e. The van der Waals surface area contributed by atoms with Gasteiger partial charge in [-0.2, -0.15) is 9.61 Å². The second-order valence-corrected chi connectivity index (χ2v) is 11.2. The van der Waals surface area contributed by atoms with Gasteiger partial charge in [-0.05, 0) is 52.2 Å². The largest absolute Gasteiger partial charge is 0.480 e. The molecular formula is C28H38N8O5. The number of hydrogen-bond acceptors (Lipinski definition) is 10. The smallest absolute Gasteiger partial charge is 0.416 e. The lowest BCUT2D eigenvalue weighted by atomic mass is 10.2. The summed E-state index contributed by atoms with van der Waals surface area (Å²) in [7, 11) is 1.53. The normalized spacial score (nSPS) is 15.9. The van der Waals surface area contributed by atoms with E-state index in [0.717, 1.165) is 32.5 Å². The summed E-state index contributed by atoms with van der Waals surface area (Å²) in [5.74, 6) is 0.933. The minimum absolute atomic E-state index is 0.163. The Hall–Kier alpha value is -3.97. The number of morpholine rings is 1. The molecule has 4 heterocycles. The molecule has 3 aromatic rings. The Morgan fingerprint density at radius 1 is 1.22 bits per heavy atom. The molecule has 5 rings (SSSR count). The van der Waals surface area contributed by atoms with Gasteiger partial charge in [-0.1, -0.05) is 0 Å². The van der Waals surface area contributed by atoms with Crippen molar-refractivity contribution in [1.29, 1.82) is 0 Å². The van der Waals surface area contributed by atoms with E-state index in [1.807, 2.05) is 26.8 Å². The van der Waals surface area contributed by atoms with Gasteiger partial charge >= 0.3 is 6.09 Å². The molecule has 0 aromatic carbocycles. The number of methoxy groups -OCH3 is 1. The maximum absolute atomic E-state index is 13.6. The van der Waals surface area contributed by atoms with Gasteiger partial charge in [-0.3, -0.25) is 14.6 Å². The standard InChI is InChI=1S/C28H38N8O5/c1-28(2,3)41-27(38)35(12-6-11-34-13-15-40-16-14-34)23-17-22(32-21-7-5-10-29-26(21)39-4)33-24-20(18-30-36(23)24)25(37)31-19-8-9-19/h5,7,10,17-19H,6,8-9,11-16H2,1-4H3,(H,31,37)(H,32,33). The number of carbonyl (C=O) groups excluding carboxylic acids is 2. The molecule has 1 aliphatic heterocycles. The molecule has 2 N–H and O–H groups in total. The summed E-state index contributed by atoms with van der Waals surface area (Å²) in [6.45, 7) is 9.75. The molecule has 0 spiro atoms. The van der Waals surface area contributed by atoms with E-state index in [1.165, 1.54) is 17.8 Å². The lowest BCUT2D eigenvalue weighted by Crippen LogP contribution is -2.41. The molecule has 1 saturated carbocycles. The van der Waals surface area contributed by atoms with E-state index in [1.54, 1.807) is 23.2 Å². The number of fused-ring (bicyclic) bond motifs is 1. The highest BCUT2D eigenvalue weighted by Gasteiger charge is 2.30. The van der Waals surface area contributed by atoms with Crippen LogP contribution in [0.25, 0.3) is 5.65 Å². The highest BCUT2D eigenvalue weighted by molar-refractivity contribution is 6.00. The summed E-state index contributed by atoms with van der Waals surface area (Å²) in [5.41, 5.74) is 0.498. The molecule has 0 unspecified atom stereocenters. The zero-order valence-electron chi connectivity index (χ0n) is 24.1. The highest BCUT2D eigenvalue weighted by Crippen LogP contribution is 2.29. The Kier molecular flexibility index (Phi) is 8.54. The number of ether oxygens (including phenoxy) is 3. The molecule has 0 atom stereocenters. The van der Waals surface area contributed by atoms with Crippen molar-refractivity contribution in [2.75, 3.05) is 56.7 Å². The summed E-state index contributed by atoms with van der Waals surface area (Å²) >= 11 is 0. The van der Waals surface area contributed by atoms with E-state index in [4.69, 9.17) is 19.2 Å². The summed E-state index contributed by atoms with van der Waals surface area (Å²) in [6, 6.07) is 5.46. The quantitative estimate of drug-likeness (QED) is 0.376. The molecule has 41 heavy (non-hydrogen) atoms. The number of carbonyl (C=O) groups is 2. The second kappa shape index (κ2) is 12.3. The zero-order valence-corrected chi connectivity index (χ0v) is 24.1. The van der Waals surface area contributed by atoms with Crippen LogP contribution >= 0.6 is 0 Å². The van der Waals surface area contributed by atoms with Gasteiger partial charge in [-0.15, -0.1) is 0 Å². The molecule has 1 aliphatic carbocycles. The number of amides is 2. The predicted molar refractivity (Wildman–Crippen MR) is 153 cm³/mol. The van der Waals surface area contributed by atoms with E-state index >= 15 is 0 Å². The van der Waals surface area contributed by atoms with Crippen molar-refractivity contribution in [3.05, 3.63) is 36.2 Å². The molecule has 1 saturated heterocycles. The van der Waals surface area contributed by atoms with Crippen LogP contribution in [-0.4, -0.2) is 94.6 Å². The van der Waals surface area contributed by atoms with E-state index in [9.17, 15) is 9.59 Å². The van der Waals surface area contributed by atoms with Crippen LogP contribution < -0.4 is 20.3 Å². The first-order valence-electron chi connectivity index (χ1n) is 14.0. The number of anilines is 3. The fourth-order valence-corrected chi connectivity index (χ4v) is 4.53. The molecule has 3 aromatic heterocycles. The Balaban J connectivity index is 1.53. The van der Waals surface area contributed by atoms with Gasteiger partial charge in [0.15, 0.2) is 5.65 Å². The molecule has 0 radical (unpaired) electrons. The van der Waals surface area contributed by atoms with Crippen molar-refractivity contribution in [2.45, 2.75) is 51.7 Å². The second-order valence-electron chi connectivity index (χ2n) is 11.2. The van der Waals surface area contributed by atoms with Crippen LogP contribution in [0.1, 0.15) is 50.4 Å². The van der Waals surface area contributed by atoms with Gasteiger partial charge in [0.1, 0.15) is 28.5 Å². The maximum atomic E-state index is 13.6. The fourth-order valence-electron chi connectivity index (χ4n) is 4.53. The maximum Gasteiger partial charge on any atom is 0.416 e. The lowest BCUT2D eigenvalue weighted by Gasteiger charge is -2.30. The summed E-state index contributed by atoms with van der Waals surface area (Å²) in [6.07, 6.45) is 5.19. The predicted octanol–water partition coefficient (Wildman–Crippen LogP) is 3.23. The zero-order chi connectivity index (χ0) is 29.0. The summed E-state index contributed by atoms with van der Waals surface area (Å²) < 4.78 is 18.2. The molecule has 2 aliphatic rings. The Morgan fingerprint density at radius 3 is 2.71 bits per heavy atom. The van der Waals surface area contributed by atoms with Crippen LogP contribution in [0.3, 0.4) is 0 Å². The van der Waals surface area contributed by atoms with Gasteiger partial charge in [0.2, 0.25) is 5.88 Å². The summed E-state index contributed by atoms with van der Waals surface area (Å²) in [4.78, 5) is 39.6. The van der Waals surface area contributed by atoms with Gasteiger partial charge in [0.25, 0.3) is 5.91 Å². The van der Waals surface area contributed by atoms with Crippen molar-refractivity contribution in [3.8, 4) is 5.88 Å². The number of pyridine rings is 1. The van der Waals surface area contributed by atoms with Crippen molar-refractivity contribution in [3.63, 3.8) is 0 Å². The average Bonchev–Trinajstić information content (AvgIpc) is 3.65. The summed E-state index contributed by atoms with van der Waals surface area (Å²) in [5, 5.41) is 10.7. The third-order valence-corrected chi connectivity index (χ3v) is 6.69. The van der Waals surface area contributed by atoms with E-state index in [0.29, 0.717) is 60.6 Å². The van der Waals surface area contributed by atoms with E-state index < -0.39 is 11.7 Å². The molecule has 13 nitrogen and oxygen atoms in total. The number of rotatable bonds is 10. The van der Waals surface area contributed by atoms with Crippen LogP contribution in [0.15, 0.2) is 30.6 Å². The van der Waals surface area contributed by atoms with Crippen LogP contribution in [0.5, 0.6) is 5.88 Å². The number of nitrogens with zero attached hydrogens (tertiary/aromatic N) is 6. The minimum atomic E-state index is -0.713. The Morgan fingerprint density at radius 2 is 2.00 bits per heavy atom. The average molecular weight is 567 g/mol. The SMILES string of the molecule is COc1ncccc1Nc1cc(N(CCCN2CCOCC2)C(=O)OC(C)(C)C)n2ncc(C(=O)NC3CC3)c2n1. The fraction of sp³-hybridized carbons (Fsp3) is 0.536. The molecular weight excluding hydrogens is 528 g/mol. The van der Waals surface area contributed by atoms with Gasteiger partial charge in [-0.25, -0.2) is 14.8 Å². The Bertz CT molecular complexity index is 1380. The van der Waals surface area contributed by atoms with E-state index in [-0.39, 0.29) is 11.9 Å². The number of aromatic nitrogens is 4. The van der Waals surface area contributed by atoms with E-state index in [2.05, 4.69) is 25.6 Å². The van der Waals surface area contributed by atoms with Crippen LogP contribution in [0.4, 0.5) is 22.1 Å². The highest BCUT2D eigenvalue weighted by atomic mass is 16.6. The van der Waals surface area contributed by atoms with Crippen molar-refractivity contribution < 1.29 is 23.8 Å². The molecule has 220 valence electrons. The first-order chi connectivity index (χ1) is 19.7. The topological polar surface area (TPSA) is 135 Å². The number of hydrogen-bond donors (Lipinski definition) is 2. The first kappa shape index (κ1) is 28.6. The van der Waals surface area contributed by atoms with Crippen LogP contribution in [0.2, 0.25) is 0 Å². The molecule has 13 heteroatoms. The molecule has 2 amide bonds. The monoisotopic (exact) mass is 566 g/mol. The van der Waals surface area contributed by atoms with Crippen molar-refractivity contribution in [2.24, 2.45) is 0 Å². The lowest BCUT2D eigenvalue weighted by molar-refractivity contribution is 0.0371. The third-order valence-electron chi connectivity index (χ3n) is 6.69. The van der Waals surface area contributed by atoms with Gasteiger partial charge in [0, 0.05) is 44.5 Å².